The summed E-state index contributed by atoms with van der Waals surface area (Å²) >= 11 is 0. The average Bonchev–Trinajstić information content (AvgIpc) is 2.19. The van der Waals surface area contributed by atoms with Crippen LogP contribution >= 0.6 is 0 Å². The summed E-state index contributed by atoms with van der Waals surface area (Å²) in [5.41, 5.74) is 1.64. The third-order valence-electron chi connectivity index (χ3n) is 3.15. The zero-order valence-electron chi connectivity index (χ0n) is 8.80. The van der Waals surface area contributed by atoms with E-state index in [4.69, 9.17) is 0 Å². The Morgan fingerprint density at radius 3 is 2.67 bits per heavy atom. The number of rotatable bonds is 1. The van der Waals surface area contributed by atoms with Gasteiger partial charge in [-0.1, -0.05) is 18.6 Å². The zero-order valence-corrected chi connectivity index (χ0v) is 8.80. The van der Waals surface area contributed by atoms with Crippen LogP contribution in [0.1, 0.15) is 40.0 Å². The molecule has 0 aliphatic carbocycles. The number of hydrogen-bond acceptors (Lipinski definition) is 1. The van der Waals surface area contributed by atoms with E-state index in [0.29, 0.717) is 12.1 Å². The lowest BCUT2D eigenvalue weighted by molar-refractivity contribution is 0.202. The molecular weight excluding hydrogens is 146 g/mol. The molecular formula is C11H21N. The lowest BCUT2D eigenvalue weighted by atomic mass is 10.1. The van der Waals surface area contributed by atoms with Crippen molar-refractivity contribution in [2.24, 2.45) is 0 Å². The minimum Gasteiger partial charge on any atom is -0.300 e. The van der Waals surface area contributed by atoms with Gasteiger partial charge in [-0.05, 0) is 40.2 Å². The van der Waals surface area contributed by atoms with Crippen molar-refractivity contribution < 1.29 is 0 Å². The van der Waals surface area contributed by atoms with Crippen molar-refractivity contribution in [3.63, 3.8) is 0 Å². The van der Waals surface area contributed by atoms with Gasteiger partial charge >= 0.3 is 0 Å². The minimum atomic E-state index is 0.712. The fraction of sp³-hybridized carbons (Fsp3) is 0.818. The quantitative estimate of drug-likeness (QED) is 0.543. The van der Waals surface area contributed by atoms with Crippen LogP contribution in [0.25, 0.3) is 0 Å². The first-order valence-corrected chi connectivity index (χ1v) is 5.05. The fourth-order valence-corrected chi connectivity index (χ4v) is 1.83. The van der Waals surface area contributed by atoms with Crippen LogP contribution in [-0.2, 0) is 0 Å². The SMILES string of the molecule is CCC1=CC[C@@H](C)N(C)[C@@H](C)C1. The second kappa shape index (κ2) is 4.08. The number of nitrogens with zero attached hydrogens (tertiary/aromatic N) is 1. The van der Waals surface area contributed by atoms with E-state index < -0.39 is 0 Å². The summed E-state index contributed by atoms with van der Waals surface area (Å²) in [6.45, 7) is 6.89. The van der Waals surface area contributed by atoms with E-state index >= 15 is 0 Å². The van der Waals surface area contributed by atoms with E-state index in [1.807, 2.05) is 0 Å². The van der Waals surface area contributed by atoms with Gasteiger partial charge in [-0.2, -0.15) is 0 Å². The molecule has 0 spiro atoms. The largest absolute Gasteiger partial charge is 0.300 e. The van der Waals surface area contributed by atoms with Gasteiger partial charge in [0.05, 0.1) is 0 Å². The van der Waals surface area contributed by atoms with Crippen molar-refractivity contribution >= 4 is 0 Å². The highest BCUT2D eigenvalue weighted by molar-refractivity contribution is 5.07. The predicted octanol–water partition coefficient (Wildman–Crippen LogP) is 2.83. The van der Waals surface area contributed by atoms with Gasteiger partial charge in [-0.15, -0.1) is 0 Å². The van der Waals surface area contributed by atoms with Crippen LogP contribution in [0.15, 0.2) is 11.6 Å². The highest BCUT2D eigenvalue weighted by Crippen LogP contribution is 2.21. The third kappa shape index (κ3) is 2.10. The second-order valence-corrected chi connectivity index (χ2v) is 4.02. The van der Waals surface area contributed by atoms with Gasteiger partial charge in [0, 0.05) is 12.1 Å². The van der Waals surface area contributed by atoms with Crippen molar-refractivity contribution in [1.29, 1.82) is 0 Å². The van der Waals surface area contributed by atoms with Crippen molar-refractivity contribution in [3.05, 3.63) is 11.6 Å². The maximum atomic E-state index is 2.49. The highest BCUT2D eigenvalue weighted by Gasteiger charge is 2.18. The molecule has 1 aliphatic rings. The lowest BCUT2D eigenvalue weighted by Crippen LogP contribution is -2.35. The Morgan fingerprint density at radius 2 is 2.08 bits per heavy atom. The van der Waals surface area contributed by atoms with E-state index in [1.165, 1.54) is 19.3 Å². The van der Waals surface area contributed by atoms with Crippen LogP contribution in [0.3, 0.4) is 0 Å². The summed E-state index contributed by atoms with van der Waals surface area (Å²) in [4.78, 5) is 2.49. The Labute approximate surface area is 76.5 Å². The predicted molar refractivity (Wildman–Crippen MR) is 54.3 cm³/mol. The molecule has 70 valence electrons. The van der Waals surface area contributed by atoms with E-state index in [0.717, 1.165) is 0 Å². The zero-order chi connectivity index (χ0) is 9.14. The Hall–Kier alpha value is -0.300. The van der Waals surface area contributed by atoms with Gasteiger partial charge in [0.15, 0.2) is 0 Å². The molecule has 1 aliphatic heterocycles. The summed E-state index contributed by atoms with van der Waals surface area (Å²) in [5, 5.41) is 0. The molecule has 12 heavy (non-hydrogen) atoms. The van der Waals surface area contributed by atoms with Gasteiger partial charge in [0.2, 0.25) is 0 Å². The molecule has 0 amide bonds. The van der Waals surface area contributed by atoms with Crippen molar-refractivity contribution in [1.82, 2.24) is 4.90 Å². The first kappa shape index (κ1) is 9.79. The normalized spacial score (nSPS) is 32.8. The molecule has 0 radical (unpaired) electrons. The molecule has 0 saturated heterocycles. The van der Waals surface area contributed by atoms with Gasteiger partial charge < -0.3 is 4.90 Å². The third-order valence-corrected chi connectivity index (χ3v) is 3.15. The summed E-state index contributed by atoms with van der Waals surface area (Å²) in [5.74, 6) is 0. The van der Waals surface area contributed by atoms with Crippen LogP contribution in [0, 0.1) is 0 Å². The van der Waals surface area contributed by atoms with Crippen LogP contribution in [0.5, 0.6) is 0 Å². The maximum absolute atomic E-state index is 2.49. The highest BCUT2D eigenvalue weighted by atomic mass is 15.1. The van der Waals surface area contributed by atoms with E-state index in [-0.39, 0.29) is 0 Å². The molecule has 0 N–H and O–H groups in total. The van der Waals surface area contributed by atoms with Gasteiger partial charge in [-0.25, -0.2) is 0 Å². The first-order valence-electron chi connectivity index (χ1n) is 5.05. The summed E-state index contributed by atoms with van der Waals surface area (Å²) in [7, 11) is 2.24. The van der Waals surface area contributed by atoms with E-state index in [1.54, 1.807) is 5.57 Å². The Kier molecular flexibility index (Phi) is 3.33. The fourth-order valence-electron chi connectivity index (χ4n) is 1.83. The topological polar surface area (TPSA) is 3.24 Å². The smallest absolute Gasteiger partial charge is 0.0104 e. The van der Waals surface area contributed by atoms with Crippen molar-refractivity contribution in [2.45, 2.75) is 52.1 Å². The molecule has 1 heteroatoms. The standard InChI is InChI=1S/C11H21N/c1-5-11-7-6-9(2)12(4)10(3)8-11/h7,9-10H,5-6,8H2,1-4H3/t9-,10+/m1/s1. The average molecular weight is 167 g/mol. The summed E-state index contributed by atoms with van der Waals surface area (Å²) in [6, 6.07) is 1.43. The molecule has 0 aromatic heterocycles. The van der Waals surface area contributed by atoms with Crippen molar-refractivity contribution in [2.75, 3.05) is 7.05 Å². The van der Waals surface area contributed by atoms with Gasteiger partial charge in [0.25, 0.3) is 0 Å². The minimum absolute atomic E-state index is 0.712. The lowest BCUT2D eigenvalue weighted by Gasteiger charge is -2.28. The Bertz CT molecular complexity index is 172. The molecule has 0 fully saturated rings. The molecule has 2 atom stereocenters. The molecule has 0 aromatic rings. The Balaban J connectivity index is 2.65. The molecule has 0 unspecified atom stereocenters. The van der Waals surface area contributed by atoms with Crippen molar-refractivity contribution in [3.8, 4) is 0 Å². The Morgan fingerprint density at radius 1 is 1.42 bits per heavy atom. The molecule has 1 nitrogen and oxygen atoms in total. The first-order chi connectivity index (χ1) is 5.65. The van der Waals surface area contributed by atoms with E-state index in [2.05, 4.69) is 38.8 Å². The molecule has 0 bridgehead atoms. The van der Waals surface area contributed by atoms with Crippen LogP contribution in [0.2, 0.25) is 0 Å². The number of hydrogen-bond donors (Lipinski definition) is 0. The maximum Gasteiger partial charge on any atom is 0.0104 e. The van der Waals surface area contributed by atoms with Crippen LogP contribution < -0.4 is 0 Å². The summed E-state index contributed by atoms with van der Waals surface area (Å²) < 4.78 is 0. The molecule has 1 rings (SSSR count). The molecule has 0 saturated carbocycles. The molecule has 0 aromatic carbocycles. The van der Waals surface area contributed by atoms with E-state index in [9.17, 15) is 0 Å². The summed E-state index contributed by atoms with van der Waals surface area (Å²) in [6.07, 6.45) is 6.15. The molecule has 1 heterocycles. The van der Waals surface area contributed by atoms with Crippen LogP contribution in [-0.4, -0.2) is 24.0 Å². The van der Waals surface area contributed by atoms with Crippen LogP contribution in [0.4, 0.5) is 0 Å². The second-order valence-electron chi connectivity index (χ2n) is 4.02. The van der Waals surface area contributed by atoms with Gasteiger partial charge in [-0.3, -0.25) is 0 Å². The monoisotopic (exact) mass is 167 g/mol. The van der Waals surface area contributed by atoms with Gasteiger partial charge in [0.1, 0.15) is 0 Å².